The van der Waals surface area contributed by atoms with E-state index in [1.54, 1.807) is 11.3 Å². The zero-order valence-electron chi connectivity index (χ0n) is 10.7. The minimum atomic E-state index is -0.0330. The molecule has 1 aromatic heterocycles. The summed E-state index contributed by atoms with van der Waals surface area (Å²) < 4.78 is 0. The van der Waals surface area contributed by atoms with Gasteiger partial charge in [-0.3, -0.25) is 9.69 Å². The Morgan fingerprint density at radius 3 is 2.72 bits per heavy atom. The highest BCUT2D eigenvalue weighted by Gasteiger charge is 2.25. The number of hydrogen-bond acceptors (Lipinski definition) is 4. The van der Waals surface area contributed by atoms with Crippen LogP contribution in [0.4, 0.5) is 0 Å². The van der Waals surface area contributed by atoms with Crippen molar-refractivity contribution in [3.8, 4) is 0 Å². The van der Waals surface area contributed by atoms with E-state index < -0.39 is 0 Å². The van der Waals surface area contributed by atoms with E-state index in [1.807, 2.05) is 29.3 Å². The van der Waals surface area contributed by atoms with Gasteiger partial charge in [0.1, 0.15) is 0 Å². The van der Waals surface area contributed by atoms with Crippen molar-refractivity contribution in [3.05, 3.63) is 22.4 Å². The monoisotopic (exact) mass is 268 g/mol. The van der Waals surface area contributed by atoms with Gasteiger partial charge in [-0.15, -0.1) is 11.3 Å². The van der Waals surface area contributed by atoms with Gasteiger partial charge in [-0.1, -0.05) is 6.07 Å². The molecule has 2 heterocycles. The molecule has 0 aliphatic carbocycles. The van der Waals surface area contributed by atoms with E-state index in [0.717, 1.165) is 31.1 Å². The number of aliphatic hydroxyl groups is 1. The molecule has 2 rings (SSSR count). The highest BCUT2D eigenvalue weighted by atomic mass is 32.1. The van der Waals surface area contributed by atoms with Crippen molar-refractivity contribution in [1.82, 2.24) is 9.80 Å². The topological polar surface area (TPSA) is 43.8 Å². The number of piperazine rings is 1. The Labute approximate surface area is 112 Å². The zero-order chi connectivity index (χ0) is 13.0. The van der Waals surface area contributed by atoms with Gasteiger partial charge in [-0.05, 0) is 18.4 Å². The van der Waals surface area contributed by atoms with Gasteiger partial charge in [0.15, 0.2) is 0 Å². The number of carbonyl (C=O) groups is 1. The summed E-state index contributed by atoms with van der Waals surface area (Å²) in [6.07, 6.45) is 0. The predicted molar refractivity (Wildman–Crippen MR) is 72.8 cm³/mol. The Kier molecular flexibility index (Phi) is 4.74. The van der Waals surface area contributed by atoms with Crippen LogP contribution in [0.1, 0.15) is 17.7 Å². The second-order valence-corrected chi connectivity index (χ2v) is 5.61. The molecule has 1 amide bonds. The first kappa shape index (κ1) is 13.5. The van der Waals surface area contributed by atoms with E-state index in [0.29, 0.717) is 6.54 Å². The van der Waals surface area contributed by atoms with Gasteiger partial charge in [-0.25, -0.2) is 0 Å². The number of aliphatic hydroxyl groups excluding tert-OH is 1. The Morgan fingerprint density at radius 2 is 2.17 bits per heavy atom. The Hall–Kier alpha value is -0.910. The lowest BCUT2D eigenvalue weighted by molar-refractivity contribution is -0.134. The molecule has 0 bridgehead atoms. The number of nitrogens with zero attached hydrogens (tertiary/aromatic N) is 2. The fourth-order valence-corrected chi connectivity index (χ4v) is 3.04. The van der Waals surface area contributed by atoms with Crippen LogP contribution in [-0.4, -0.2) is 60.1 Å². The molecule has 0 spiro atoms. The van der Waals surface area contributed by atoms with E-state index in [2.05, 4.69) is 4.90 Å². The van der Waals surface area contributed by atoms with Gasteiger partial charge in [0.05, 0.1) is 12.5 Å². The molecule has 0 aromatic carbocycles. The first-order valence-corrected chi connectivity index (χ1v) is 7.25. The van der Waals surface area contributed by atoms with E-state index >= 15 is 0 Å². The summed E-state index contributed by atoms with van der Waals surface area (Å²) in [6.45, 7) is 6.16. The van der Waals surface area contributed by atoms with Crippen molar-refractivity contribution in [2.24, 2.45) is 0 Å². The third kappa shape index (κ3) is 3.10. The molecule has 0 saturated carbocycles. The molecule has 1 fully saturated rings. The molecular formula is C13H20N2O2S. The SMILES string of the molecule is CC(C(=O)N1CCN(CCO)CC1)c1cccs1. The molecule has 1 unspecified atom stereocenters. The van der Waals surface area contributed by atoms with Crippen molar-refractivity contribution in [1.29, 1.82) is 0 Å². The summed E-state index contributed by atoms with van der Waals surface area (Å²) in [7, 11) is 0. The second kappa shape index (κ2) is 6.31. The molecule has 100 valence electrons. The van der Waals surface area contributed by atoms with Crippen LogP contribution < -0.4 is 0 Å². The third-order valence-corrected chi connectivity index (χ3v) is 4.50. The van der Waals surface area contributed by atoms with Gasteiger partial charge in [0, 0.05) is 37.6 Å². The first-order chi connectivity index (χ1) is 8.72. The average Bonchev–Trinajstić information content (AvgIpc) is 2.92. The van der Waals surface area contributed by atoms with Crippen LogP contribution >= 0.6 is 11.3 Å². The molecule has 0 radical (unpaired) electrons. The van der Waals surface area contributed by atoms with E-state index in [-0.39, 0.29) is 18.4 Å². The number of hydrogen-bond donors (Lipinski definition) is 1. The molecule has 1 saturated heterocycles. The van der Waals surface area contributed by atoms with Gasteiger partial charge in [0.25, 0.3) is 0 Å². The van der Waals surface area contributed by atoms with E-state index in [1.165, 1.54) is 0 Å². The minimum absolute atomic E-state index is 0.0330. The number of amides is 1. The van der Waals surface area contributed by atoms with Crippen LogP contribution in [0.25, 0.3) is 0 Å². The van der Waals surface area contributed by atoms with Crippen LogP contribution in [0.2, 0.25) is 0 Å². The molecule has 18 heavy (non-hydrogen) atoms. The second-order valence-electron chi connectivity index (χ2n) is 4.63. The third-order valence-electron chi connectivity index (χ3n) is 3.44. The summed E-state index contributed by atoms with van der Waals surface area (Å²) in [5.74, 6) is 0.190. The van der Waals surface area contributed by atoms with Crippen LogP contribution in [0, 0.1) is 0 Å². The lowest BCUT2D eigenvalue weighted by atomic mass is 10.1. The van der Waals surface area contributed by atoms with Crippen molar-refractivity contribution in [3.63, 3.8) is 0 Å². The van der Waals surface area contributed by atoms with Crippen molar-refractivity contribution in [2.45, 2.75) is 12.8 Å². The summed E-state index contributed by atoms with van der Waals surface area (Å²) >= 11 is 1.64. The first-order valence-electron chi connectivity index (χ1n) is 6.37. The van der Waals surface area contributed by atoms with E-state index in [9.17, 15) is 4.79 Å². The van der Waals surface area contributed by atoms with Crippen molar-refractivity contribution < 1.29 is 9.90 Å². The Bertz CT molecular complexity index is 372. The molecule has 1 N–H and O–H groups in total. The van der Waals surface area contributed by atoms with Gasteiger partial charge >= 0.3 is 0 Å². The highest BCUT2D eigenvalue weighted by Crippen LogP contribution is 2.23. The summed E-state index contributed by atoms with van der Waals surface area (Å²) in [5, 5.41) is 10.9. The minimum Gasteiger partial charge on any atom is -0.395 e. The van der Waals surface area contributed by atoms with Crippen LogP contribution in [0.3, 0.4) is 0 Å². The molecule has 1 aliphatic rings. The summed E-state index contributed by atoms with van der Waals surface area (Å²) in [6, 6.07) is 4.01. The lowest BCUT2D eigenvalue weighted by Gasteiger charge is -2.35. The maximum atomic E-state index is 12.3. The molecule has 1 atom stereocenters. The molecule has 5 heteroatoms. The van der Waals surface area contributed by atoms with Crippen LogP contribution in [-0.2, 0) is 4.79 Å². The van der Waals surface area contributed by atoms with Gasteiger partial charge in [0.2, 0.25) is 5.91 Å². The fraction of sp³-hybridized carbons (Fsp3) is 0.615. The largest absolute Gasteiger partial charge is 0.395 e. The standard InChI is InChI=1S/C13H20N2O2S/c1-11(12-3-2-10-18-12)13(17)15-6-4-14(5-7-15)8-9-16/h2-3,10-11,16H,4-9H2,1H3. The van der Waals surface area contributed by atoms with Crippen molar-refractivity contribution in [2.75, 3.05) is 39.3 Å². The maximum absolute atomic E-state index is 12.3. The summed E-state index contributed by atoms with van der Waals surface area (Å²) in [4.78, 5) is 17.6. The van der Waals surface area contributed by atoms with E-state index in [4.69, 9.17) is 5.11 Å². The smallest absolute Gasteiger partial charge is 0.230 e. The molecule has 1 aromatic rings. The zero-order valence-corrected chi connectivity index (χ0v) is 11.5. The van der Waals surface area contributed by atoms with Crippen molar-refractivity contribution >= 4 is 17.2 Å². The normalized spacial score (nSPS) is 18.9. The molecular weight excluding hydrogens is 248 g/mol. The van der Waals surface area contributed by atoms with Gasteiger partial charge in [-0.2, -0.15) is 0 Å². The van der Waals surface area contributed by atoms with Gasteiger partial charge < -0.3 is 10.0 Å². The molecule has 4 nitrogen and oxygen atoms in total. The lowest BCUT2D eigenvalue weighted by Crippen LogP contribution is -2.50. The Balaban J connectivity index is 1.87. The number of carbonyl (C=O) groups excluding carboxylic acids is 1. The number of thiophene rings is 1. The van der Waals surface area contributed by atoms with Crippen LogP contribution in [0.5, 0.6) is 0 Å². The average molecular weight is 268 g/mol. The highest BCUT2D eigenvalue weighted by molar-refractivity contribution is 7.10. The molecule has 1 aliphatic heterocycles. The number of rotatable bonds is 4. The fourth-order valence-electron chi connectivity index (χ4n) is 2.27. The maximum Gasteiger partial charge on any atom is 0.230 e. The summed E-state index contributed by atoms with van der Waals surface area (Å²) in [5.41, 5.74) is 0. The Morgan fingerprint density at radius 1 is 1.44 bits per heavy atom. The predicted octanol–water partition coefficient (Wildman–Crippen LogP) is 0.988. The van der Waals surface area contributed by atoms with Crippen LogP contribution in [0.15, 0.2) is 17.5 Å². The quantitative estimate of drug-likeness (QED) is 0.885. The number of β-amino-alcohol motifs (C(OH)–C–C–N with tert-alkyl or cyclic N) is 1.